The molecule has 0 aromatic carbocycles. The monoisotopic (exact) mass is 270 g/mol. The van der Waals surface area contributed by atoms with Crippen molar-refractivity contribution in [3.8, 4) is 0 Å². The van der Waals surface area contributed by atoms with Gasteiger partial charge in [0.05, 0.1) is 12.1 Å². The molecule has 1 heterocycles. The lowest BCUT2D eigenvalue weighted by Gasteiger charge is -2.28. The molecule has 4 nitrogen and oxygen atoms in total. The van der Waals surface area contributed by atoms with Gasteiger partial charge in [-0.2, -0.15) is 0 Å². The van der Waals surface area contributed by atoms with Gasteiger partial charge in [0.15, 0.2) is 0 Å². The summed E-state index contributed by atoms with van der Waals surface area (Å²) >= 11 is 1.68. The average Bonchev–Trinajstić information content (AvgIpc) is 2.74. The summed E-state index contributed by atoms with van der Waals surface area (Å²) in [6.07, 6.45) is 0. The largest absolute Gasteiger partial charge is 0.380 e. The fourth-order valence-electron chi connectivity index (χ4n) is 1.70. The maximum absolute atomic E-state index is 11.9. The average molecular weight is 270 g/mol. The summed E-state index contributed by atoms with van der Waals surface area (Å²) in [4.78, 5) is 14.8. The molecule has 5 heteroatoms. The second-order valence-corrected chi connectivity index (χ2v) is 6.03. The Balaban J connectivity index is 2.55. The molecule has 0 aliphatic rings. The van der Waals surface area contributed by atoms with E-state index in [1.54, 1.807) is 37.4 Å². The lowest BCUT2D eigenvalue weighted by atomic mass is 10.0. The highest BCUT2D eigenvalue weighted by Crippen LogP contribution is 2.16. The van der Waals surface area contributed by atoms with Gasteiger partial charge in [-0.05, 0) is 30.9 Å². The van der Waals surface area contributed by atoms with Crippen molar-refractivity contribution in [2.24, 2.45) is 0 Å². The number of methoxy groups -OCH3 is 1. The number of amides is 1. The van der Waals surface area contributed by atoms with Crippen LogP contribution in [0.1, 0.15) is 24.3 Å². The molecule has 0 saturated carbocycles. The molecule has 1 N–H and O–H groups in total. The second kappa shape index (κ2) is 6.31. The van der Waals surface area contributed by atoms with E-state index in [1.807, 2.05) is 13.8 Å². The van der Waals surface area contributed by atoms with Crippen molar-refractivity contribution >= 4 is 17.2 Å². The summed E-state index contributed by atoms with van der Waals surface area (Å²) in [7, 11) is 5.23. The Hall–Kier alpha value is -0.910. The van der Waals surface area contributed by atoms with Crippen LogP contribution in [0.2, 0.25) is 0 Å². The Morgan fingerprint density at radius 3 is 2.72 bits per heavy atom. The number of likely N-dealkylation sites (N-methyl/N-ethyl adjacent to an activating group) is 1. The number of ether oxygens (including phenoxy) is 1. The number of rotatable bonds is 6. The molecule has 0 spiro atoms. The highest BCUT2D eigenvalue weighted by atomic mass is 32.1. The standard InChI is InChI=1S/C13H22N2O2S/c1-13(2,12(16)15(3)4)14-7-11-6-10(8-17-5)9-18-11/h6,9,14H,7-8H2,1-5H3. The fourth-order valence-corrected chi connectivity index (χ4v) is 2.52. The molecule has 0 fully saturated rings. The van der Waals surface area contributed by atoms with E-state index in [0.717, 1.165) is 0 Å². The molecular weight excluding hydrogens is 248 g/mol. The molecule has 0 atom stereocenters. The minimum Gasteiger partial charge on any atom is -0.380 e. The first-order chi connectivity index (χ1) is 8.36. The van der Waals surface area contributed by atoms with Crippen LogP contribution in [0.15, 0.2) is 11.4 Å². The van der Waals surface area contributed by atoms with Crippen LogP contribution in [0.5, 0.6) is 0 Å². The van der Waals surface area contributed by atoms with Gasteiger partial charge >= 0.3 is 0 Å². The van der Waals surface area contributed by atoms with Crippen molar-refractivity contribution in [3.05, 3.63) is 21.9 Å². The van der Waals surface area contributed by atoms with E-state index >= 15 is 0 Å². The van der Waals surface area contributed by atoms with E-state index in [0.29, 0.717) is 13.2 Å². The van der Waals surface area contributed by atoms with Gasteiger partial charge in [0.1, 0.15) is 0 Å². The van der Waals surface area contributed by atoms with E-state index in [4.69, 9.17) is 4.74 Å². The quantitative estimate of drug-likeness (QED) is 0.858. The first-order valence-corrected chi connectivity index (χ1v) is 6.77. The van der Waals surface area contributed by atoms with Crippen LogP contribution in [0.4, 0.5) is 0 Å². The topological polar surface area (TPSA) is 41.6 Å². The zero-order valence-electron chi connectivity index (χ0n) is 11.7. The molecule has 1 aromatic heterocycles. The maximum Gasteiger partial charge on any atom is 0.241 e. The Morgan fingerprint density at radius 1 is 1.50 bits per heavy atom. The SMILES string of the molecule is COCc1csc(CNC(C)(C)C(=O)N(C)C)c1. The normalized spacial score (nSPS) is 11.6. The Labute approximate surface area is 113 Å². The van der Waals surface area contributed by atoms with Crippen molar-refractivity contribution in [2.45, 2.75) is 32.5 Å². The van der Waals surface area contributed by atoms with E-state index in [2.05, 4.69) is 16.8 Å². The Morgan fingerprint density at radius 2 is 2.17 bits per heavy atom. The van der Waals surface area contributed by atoms with Gasteiger partial charge in [-0.3, -0.25) is 10.1 Å². The number of hydrogen-bond acceptors (Lipinski definition) is 4. The summed E-state index contributed by atoms with van der Waals surface area (Å²) in [6.45, 7) is 5.13. The van der Waals surface area contributed by atoms with E-state index in [1.165, 1.54) is 10.4 Å². The molecule has 1 amide bonds. The summed E-state index contributed by atoms with van der Waals surface area (Å²) in [5, 5.41) is 5.37. The van der Waals surface area contributed by atoms with Crippen LogP contribution < -0.4 is 5.32 Å². The third kappa shape index (κ3) is 4.08. The minimum absolute atomic E-state index is 0.0798. The molecule has 0 saturated heterocycles. The van der Waals surface area contributed by atoms with Gasteiger partial charge in [0.2, 0.25) is 5.91 Å². The van der Waals surface area contributed by atoms with Crippen LogP contribution in [-0.4, -0.2) is 37.6 Å². The molecule has 18 heavy (non-hydrogen) atoms. The second-order valence-electron chi connectivity index (χ2n) is 5.03. The minimum atomic E-state index is -0.547. The summed E-state index contributed by atoms with van der Waals surface area (Å²) < 4.78 is 5.08. The van der Waals surface area contributed by atoms with Gasteiger partial charge in [-0.1, -0.05) is 0 Å². The van der Waals surface area contributed by atoms with E-state index < -0.39 is 5.54 Å². The van der Waals surface area contributed by atoms with Crippen LogP contribution in [0, 0.1) is 0 Å². The third-order valence-electron chi connectivity index (χ3n) is 2.66. The molecule has 1 rings (SSSR count). The van der Waals surface area contributed by atoms with Gasteiger partial charge < -0.3 is 9.64 Å². The van der Waals surface area contributed by atoms with Crippen LogP contribution >= 0.6 is 11.3 Å². The first kappa shape index (κ1) is 15.1. The molecule has 0 radical (unpaired) electrons. The first-order valence-electron chi connectivity index (χ1n) is 5.89. The molecule has 0 aliphatic heterocycles. The van der Waals surface area contributed by atoms with Crippen molar-refractivity contribution in [3.63, 3.8) is 0 Å². The maximum atomic E-state index is 11.9. The zero-order chi connectivity index (χ0) is 13.8. The molecule has 0 bridgehead atoms. The summed E-state index contributed by atoms with van der Waals surface area (Å²) in [5.74, 6) is 0.0798. The predicted molar refractivity (Wildman–Crippen MR) is 74.6 cm³/mol. The smallest absolute Gasteiger partial charge is 0.241 e. The number of carbonyl (C=O) groups excluding carboxylic acids is 1. The van der Waals surface area contributed by atoms with Gasteiger partial charge in [0, 0.05) is 32.6 Å². The highest BCUT2D eigenvalue weighted by Gasteiger charge is 2.28. The van der Waals surface area contributed by atoms with E-state index in [9.17, 15) is 4.79 Å². The van der Waals surface area contributed by atoms with Crippen LogP contribution in [0.3, 0.4) is 0 Å². The number of carbonyl (C=O) groups is 1. The summed E-state index contributed by atoms with van der Waals surface area (Å²) in [6, 6.07) is 2.11. The zero-order valence-corrected chi connectivity index (χ0v) is 12.6. The Bertz CT molecular complexity index is 399. The predicted octanol–water partition coefficient (Wildman–Crippen LogP) is 1.85. The number of nitrogens with zero attached hydrogens (tertiary/aromatic N) is 1. The van der Waals surface area contributed by atoms with Crippen LogP contribution in [0.25, 0.3) is 0 Å². The van der Waals surface area contributed by atoms with Crippen molar-refractivity contribution < 1.29 is 9.53 Å². The molecule has 0 aliphatic carbocycles. The van der Waals surface area contributed by atoms with Crippen molar-refractivity contribution in [1.29, 1.82) is 0 Å². The van der Waals surface area contributed by atoms with Gasteiger partial charge in [0.25, 0.3) is 0 Å². The lowest BCUT2D eigenvalue weighted by molar-refractivity contribution is -0.134. The molecule has 0 unspecified atom stereocenters. The fraction of sp³-hybridized carbons (Fsp3) is 0.615. The Kier molecular flexibility index (Phi) is 5.31. The number of hydrogen-bond donors (Lipinski definition) is 1. The molecule has 1 aromatic rings. The van der Waals surface area contributed by atoms with Crippen LogP contribution in [-0.2, 0) is 22.7 Å². The molecule has 102 valence electrons. The summed E-state index contributed by atoms with van der Waals surface area (Å²) in [5.41, 5.74) is 0.630. The van der Waals surface area contributed by atoms with Crippen molar-refractivity contribution in [1.82, 2.24) is 10.2 Å². The van der Waals surface area contributed by atoms with Gasteiger partial charge in [-0.15, -0.1) is 11.3 Å². The number of thiophene rings is 1. The van der Waals surface area contributed by atoms with Crippen molar-refractivity contribution in [2.75, 3.05) is 21.2 Å². The highest BCUT2D eigenvalue weighted by molar-refractivity contribution is 7.10. The molecular formula is C13H22N2O2S. The van der Waals surface area contributed by atoms with E-state index in [-0.39, 0.29) is 5.91 Å². The number of nitrogens with one attached hydrogen (secondary N) is 1. The lowest BCUT2D eigenvalue weighted by Crippen LogP contribution is -2.51. The third-order valence-corrected chi connectivity index (χ3v) is 3.65. The van der Waals surface area contributed by atoms with Gasteiger partial charge in [-0.25, -0.2) is 0 Å².